The summed E-state index contributed by atoms with van der Waals surface area (Å²) in [5.74, 6) is 0.802. The van der Waals surface area contributed by atoms with E-state index in [0.29, 0.717) is 0 Å². The predicted octanol–water partition coefficient (Wildman–Crippen LogP) is 3.45. The summed E-state index contributed by atoms with van der Waals surface area (Å²) >= 11 is 0. The summed E-state index contributed by atoms with van der Waals surface area (Å²) in [6.45, 7) is 11.7. The Balaban J connectivity index is 1.94. The van der Waals surface area contributed by atoms with Gasteiger partial charge in [-0.05, 0) is 63.8 Å². The Morgan fingerprint density at radius 2 is 1.95 bits per heavy atom. The van der Waals surface area contributed by atoms with Crippen LogP contribution < -0.4 is 5.32 Å². The lowest BCUT2D eigenvalue weighted by molar-refractivity contribution is 0.0919. The van der Waals surface area contributed by atoms with E-state index < -0.39 is 0 Å². The van der Waals surface area contributed by atoms with Crippen molar-refractivity contribution in [3.8, 4) is 0 Å². The average molecular weight is 288 g/mol. The molecular formula is C18H28N2O. The molecule has 1 amide bonds. The SMILES string of the molecule is CC1CCCN(Cc2ccc(C(=O)NC(C)(C)C)cc2)C1. The lowest BCUT2D eigenvalue weighted by Gasteiger charge is -2.30. The molecule has 1 N–H and O–H groups in total. The van der Waals surface area contributed by atoms with Crippen molar-refractivity contribution in [2.24, 2.45) is 5.92 Å². The monoisotopic (exact) mass is 288 g/mol. The quantitative estimate of drug-likeness (QED) is 0.924. The van der Waals surface area contributed by atoms with E-state index in [9.17, 15) is 4.79 Å². The minimum Gasteiger partial charge on any atom is -0.347 e. The van der Waals surface area contributed by atoms with Gasteiger partial charge in [0.25, 0.3) is 5.91 Å². The van der Waals surface area contributed by atoms with Crippen molar-refractivity contribution < 1.29 is 4.79 Å². The molecule has 0 radical (unpaired) electrons. The normalized spacial score (nSPS) is 20.3. The van der Waals surface area contributed by atoms with Gasteiger partial charge in [-0.1, -0.05) is 19.1 Å². The fourth-order valence-corrected chi connectivity index (χ4v) is 2.86. The van der Waals surface area contributed by atoms with Crippen LogP contribution in [0.1, 0.15) is 56.5 Å². The molecule has 1 unspecified atom stereocenters. The van der Waals surface area contributed by atoms with Gasteiger partial charge in [0.2, 0.25) is 0 Å². The molecule has 0 aromatic heterocycles. The third kappa shape index (κ3) is 5.16. The second-order valence-electron chi connectivity index (χ2n) is 7.38. The smallest absolute Gasteiger partial charge is 0.251 e. The van der Waals surface area contributed by atoms with Crippen LogP contribution in [0.15, 0.2) is 24.3 Å². The minimum atomic E-state index is -0.195. The van der Waals surface area contributed by atoms with Gasteiger partial charge in [0, 0.05) is 24.2 Å². The van der Waals surface area contributed by atoms with Gasteiger partial charge in [-0.15, -0.1) is 0 Å². The van der Waals surface area contributed by atoms with E-state index in [1.54, 1.807) is 0 Å². The van der Waals surface area contributed by atoms with E-state index in [1.165, 1.54) is 31.5 Å². The number of rotatable bonds is 3. The summed E-state index contributed by atoms with van der Waals surface area (Å²) in [6.07, 6.45) is 2.65. The highest BCUT2D eigenvalue weighted by molar-refractivity contribution is 5.94. The number of amides is 1. The van der Waals surface area contributed by atoms with Gasteiger partial charge in [0.05, 0.1) is 0 Å². The van der Waals surface area contributed by atoms with E-state index in [-0.39, 0.29) is 11.4 Å². The summed E-state index contributed by atoms with van der Waals surface area (Å²) in [5, 5.41) is 2.99. The molecule has 0 aliphatic carbocycles. The van der Waals surface area contributed by atoms with Crippen molar-refractivity contribution in [1.29, 1.82) is 0 Å². The van der Waals surface area contributed by atoms with Crippen LogP contribution in [0.25, 0.3) is 0 Å². The van der Waals surface area contributed by atoms with Crippen molar-refractivity contribution in [1.82, 2.24) is 10.2 Å². The number of hydrogen-bond acceptors (Lipinski definition) is 2. The van der Waals surface area contributed by atoms with Gasteiger partial charge >= 0.3 is 0 Å². The molecule has 116 valence electrons. The highest BCUT2D eigenvalue weighted by Gasteiger charge is 2.17. The first-order valence-electron chi connectivity index (χ1n) is 7.97. The molecular weight excluding hydrogens is 260 g/mol. The summed E-state index contributed by atoms with van der Waals surface area (Å²) in [5.41, 5.74) is 1.83. The zero-order valence-corrected chi connectivity index (χ0v) is 13.8. The summed E-state index contributed by atoms with van der Waals surface area (Å²) in [7, 11) is 0. The first-order valence-corrected chi connectivity index (χ1v) is 7.97. The zero-order chi connectivity index (χ0) is 15.5. The van der Waals surface area contributed by atoms with E-state index in [1.807, 2.05) is 32.9 Å². The second-order valence-corrected chi connectivity index (χ2v) is 7.38. The van der Waals surface area contributed by atoms with Gasteiger partial charge < -0.3 is 5.32 Å². The Morgan fingerprint density at radius 3 is 2.52 bits per heavy atom. The van der Waals surface area contributed by atoms with Crippen LogP contribution >= 0.6 is 0 Å². The number of nitrogens with one attached hydrogen (secondary N) is 1. The van der Waals surface area contributed by atoms with E-state index >= 15 is 0 Å². The van der Waals surface area contributed by atoms with Crippen LogP contribution in [0.2, 0.25) is 0 Å². The molecule has 21 heavy (non-hydrogen) atoms. The topological polar surface area (TPSA) is 32.3 Å². The van der Waals surface area contributed by atoms with E-state index in [2.05, 4.69) is 29.3 Å². The van der Waals surface area contributed by atoms with Crippen LogP contribution in [-0.4, -0.2) is 29.4 Å². The first kappa shape index (κ1) is 16.0. The van der Waals surface area contributed by atoms with Crippen molar-refractivity contribution in [3.05, 3.63) is 35.4 Å². The van der Waals surface area contributed by atoms with Crippen LogP contribution in [0.3, 0.4) is 0 Å². The van der Waals surface area contributed by atoms with E-state index in [4.69, 9.17) is 0 Å². The molecule has 3 heteroatoms. The van der Waals surface area contributed by atoms with Crippen molar-refractivity contribution in [2.75, 3.05) is 13.1 Å². The Kier molecular flexibility index (Phi) is 5.04. The molecule has 1 atom stereocenters. The average Bonchev–Trinajstić information content (AvgIpc) is 2.37. The second kappa shape index (κ2) is 6.61. The fourth-order valence-electron chi connectivity index (χ4n) is 2.86. The Labute approximate surface area is 128 Å². The molecule has 1 heterocycles. The molecule has 0 saturated carbocycles. The maximum absolute atomic E-state index is 12.1. The molecule has 1 aromatic rings. The highest BCUT2D eigenvalue weighted by atomic mass is 16.1. The molecule has 2 rings (SSSR count). The lowest BCUT2D eigenvalue weighted by Crippen LogP contribution is -2.40. The van der Waals surface area contributed by atoms with Crippen LogP contribution in [0, 0.1) is 5.92 Å². The lowest BCUT2D eigenvalue weighted by atomic mass is 9.99. The fraction of sp³-hybridized carbons (Fsp3) is 0.611. The Hall–Kier alpha value is -1.35. The Bertz CT molecular complexity index is 473. The predicted molar refractivity (Wildman–Crippen MR) is 87.3 cm³/mol. The van der Waals surface area contributed by atoms with Gasteiger partial charge in [-0.2, -0.15) is 0 Å². The molecule has 1 aliphatic rings. The van der Waals surface area contributed by atoms with Crippen LogP contribution in [0.5, 0.6) is 0 Å². The van der Waals surface area contributed by atoms with Gasteiger partial charge in [-0.3, -0.25) is 9.69 Å². The molecule has 0 spiro atoms. The van der Waals surface area contributed by atoms with Crippen LogP contribution in [-0.2, 0) is 6.54 Å². The summed E-state index contributed by atoms with van der Waals surface area (Å²) < 4.78 is 0. The van der Waals surface area contributed by atoms with Crippen molar-refractivity contribution >= 4 is 5.91 Å². The third-order valence-electron chi connectivity index (χ3n) is 3.85. The number of benzene rings is 1. The number of likely N-dealkylation sites (tertiary alicyclic amines) is 1. The molecule has 1 aliphatic heterocycles. The number of nitrogens with zero attached hydrogens (tertiary/aromatic N) is 1. The minimum absolute atomic E-state index is 0.000597. The summed E-state index contributed by atoms with van der Waals surface area (Å²) in [4.78, 5) is 14.6. The molecule has 0 bridgehead atoms. The molecule has 1 aromatic carbocycles. The zero-order valence-electron chi connectivity index (χ0n) is 13.8. The maximum Gasteiger partial charge on any atom is 0.251 e. The number of carbonyl (C=O) groups excluding carboxylic acids is 1. The standard InChI is InChI=1S/C18H28N2O/c1-14-6-5-11-20(12-14)13-15-7-9-16(10-8-15)17(21)19-18(2,3)4/h7-10,14H,5-6,11-13H2,1-4H3,(H,19,21). The Morgan fingerprint density at radius 1 is 1.29 bits per heavy atom. The first-order chi connectivity index (χ1) is 9.83. The number of piperidine rings is 1. The van der Waals surface area contributed by atoms with Crippen LogP contribution in [0.4, 0.5) is 0 Å². The third-order valence-corrected chi connectivity index (χ3v) is 3.85. The molecule has 3 nitrogen and oxygen atoms in total. The van der Waals surface area contributed by atoms with E-state index in [0.717, 1.165) is 18.0 Å². The van der Waals surface area contributed by atoms with Crippen molar-refractivity contribution in [2.45, 2.75) is 52.6 Å². The maximum atomic E-state index is 12.1. The highest BCUT2D eigenvalue weighted by Crippen LogP contribution is 2.18. The summed E-state index contributed by atoms with van der Waals surface area (Å²) in [6, 6.07) is 8.03. The van der Waals surface area contributed by atoms with Gasteiger partial charge in [0.15, 0.2) is 0 Å². The molecule has 1 fully saturated rings. The molecule has 1 saturated heterocycles. The van der Waals surface area contributed by atoms with Crippen molar-refractivity contribution in [3.63, 3.8) is 0 Å². The van der Waals surface area contributed by atoms with Gasteiger partial charge in [-0.25, -0.2) is 0 Å². The largest absolute Gasteiger partial charge is 0.347 e. The number of carbonyl (C=O) groups is 1. The van der Waals surface area contributed by atoms with Gasteiger partial charge in [0.1, 0.15) is 0 Å². The number of hydrogen-bond donors (Lipinski definition) is 1.